The highest BCUT2D eigenvalue weighted by Crippen LogP contribution is 2.19. The number of likely N-dealkylation sites (tertiary alicyclic amines) is 1. The number of carboxylic acids is 1. The summed E-state index contributed by atoms with van der Waals surface area (Å²) < 4.78 is 0. The van der Waals surface area contributed by atoms with Gasteiger partial charge in [0.2, 0.25) is 0 Å². The van der Waals surface area contributed by atoms with Gasteiger partial charge in [-0.3, -0.25) is 4.79 Å². The van der Waals surface area contributed by atoms with Gasteiger partial charge in [-0.05, 0) is 30.0 Å². The molecule has 0 bridgehead atoms. The normalized spacial score (nSPS) is 18.1. The summed E-state index contributed by atoms with van der Waals surface area (Å²) in [6.07, 6.45) is 0.877. The van der Waals surface area contributed by atoms with Crippen LogP contribution >= 0.6 is 11.6 Å². The van der Waals surface area contributed by atoms with Crippen LogP contribution in [-0.2, 0) is 11.3 Å². The maximum absolute atomic E-state index is 12.0. The summed E-state index contributed by atoms with van der Waals surface area (Å²) in [6, 6.07) is 7.14. The van der Waals surface area contributed by atoms with E-state index in [1.165, 1.54) is 0 Å². The summed E-state index contributed by atoms with van der Waals surface area (Å²) in [5.41, 5.74) is 0.976. The number of carbonyl (C=O) groups is 2. The summed E-state index contributed by atoms with van der Waals surface area (Å²) in [7, 11) is 0. The molecule has 1 atom stereocenters. The molecule has 6 heteroatoms. The number of amides is 2. The number of carbonyl (C=O) groups excluding carboxylic acids is 1. The molecule has 0 aliphatic carbocycles. The molecule has 1 aliphatic rings. The molecule has 1 unspecified atom stereocenters. The lowest BCUT2D eigenvalue weighted by Gasteiger charge is -2.17. The van der Waals surface area contributed by atoms with E-state index in [0.29, 0.717) is 24.7 Å². The summed E-state index contributed by atoms with van der Waals surface area (Å²) >= 11 is 5.79. The number of benzene rings is 1. The molecule has 1 aromatic rings. The van der Waals surface area contributed by atoms with Gasteiger partial charge in [-0.25, -0.2) is 4.79 Å². The molecule has 108 valence electrons. The van der Waals surface area contributed by atoms with E-state index < -0.39 is 5.97 Å². The number of rotatable bonds is 4. The third kappa shape index (κ3) is 4.13. The Bertz CT molecular complexity index is 490. The van der Waals surface area contributed by atoms with Gasteiger partial charge in [-0.15, -0.1) is 0 Å². The number of aliphatic carboxylic acids is 1. The van der Waals surface area contributed by atoms with Gasteiger partial charge < -0.3 is 15.3 Å². The van der Waals surface area contributed by atoms with Crippen LogP contribution in [-0.4, -0.2) is 35.1 Å². The largest absolute Gasteiger partial charge is 0.481 e. The number of urea groups is 1. The zero-order chi connectivity index (χ0) is 14.5. The van der Waals surface area contributed by atoms with E-state index in [-0.39, 0.29) is 18.4 Å². The second-order valence-corrected chi connectivity index (χ2v) is 5.42. The molecule has 1 aliphatic heterocycles. The molecular weight excluding hydrogens is 280 g/mol. The minimum atomic E-state index is -0.807. The first-order valence-corrected chi connectivity index (χ1v) is 6.91. The molecule has 2 amide bonds. The highest BCUT2D eigenvalue weighted by molar-refractivity contribution is 6.30. The first-order valence-electron chi connectivity index (χ1n) is 6.53. The summed E-state index contributed by atoms with van der Waals surface area (Å²) in [5, 5.41) is 12.2. The summed E-state index contributed by atoms with van der Waals surface area (Å²) in [5.74, 6) is -0.743. The van der Waals surface area contributed by atoms with Crippen molar-refractivity contribution in [3.63, 3.8) is 0 Å². The van der Waals surface area contributed by atoms with Gasteiger partial charge in [0.15, 0.2) is 0 Å². The Balaban J connectivity index is 1.78. The van der Waals surface area contributed by atoms with Crippen LogP contribution < -0.4 is 5.32 Å². The summed E-state index contributed by atoms with van der Waals surface area (Å²) in [4.78, 5) is 24.3. The Kier molecular flexibility index (Phi) is 4.84. The third-order valence-electron chi connectivity index (χ3n) is 3.39. The van der Waals surface area contributed by atoms with Crippen LogP contribution in [0, 0.1) is 5.92 Å². The average Bonchev–Trinajstić information content (AvgIpc) is 2.85. The van der Waals surface area contributed by atoms with E-state index in [9.17, 15) is 9.59 Å². The van der Waals surface area contributed by atoms with E-state index >= 15 is 0 Å². The van der Waals surface area contributed by atoms with Crippen molar-refractivity contribution in [2.24, 2.45) is 5.92 Å². The Labute approximate surface area is 122 Å². The van der Waals surface area contributed by atoms with Crippen LogP contribution in [0.3, 0.4) is 0 Å². The quantitative estimate of drug-likeness (QED) is 0.896. The second kappa shape index (κ2) is 6.61. The number of nitrogens with zero attached hydrogens (tertiary/aromatic N) is 1. The maximum atomic E-state index is 12.0. The number of nitrogens with one attached hydrogen (secondary N) is 1. The smallest absolute Gasteiger partial charge is 0.317 e. The van der Waals surface area contributed by atoms with Gasteiger partial charge >= 0.3 is 12.0 Å². The monoisotopic (exact) mass is 296 g/mol. The van der Waals surface area contributed by atoms with Crippen molar-refractivity contribution in [3.8, 4) is 0 Å². The fourth-order valence-electron chi connectivity index (χ4n) is 2.32. The lowest BCUT2D eigenvalue weighted by molar-refractivity contribution is -0.138. The van der Waals surface area contributed by atoms with Crippen molar-refractivity contribution in [1.29, 1.82) is 0 Å². The Morgan fingerprint density at radius 3 is 2.70 bits per heavy atom. The van der Waals surface area contributed by atoms with E-state index in [1.807, 2.05) is 12.1 Å². The van der Waals surface area contributed by atoms with Crippen LogP contribution in [0.4, 0.5) is 4.79 Å². The Hall–Kier alpha value is -1.75. The van der Waals surface area contributed by atoms with Gasteiger partial charge in [0.25, 0.3) is 0 Å². The zero-order valence-electron chi connectivity index (χ0n) is 11.0. The molecule has 5 nitrogen and oxygen atoms in total. The minimum Gasteiger partial charge on any atom is -0.481 e. The van der Waals surface area contributed by atoms with E-state index in [0.717, 1.165) is 12.0 Å². The standard InChI is InChI=1S/C14H17ClN2O3/c15-12-3-1-10(2-4-12)8-16-14(20)17-6-5-11(9-17)7-13(18)19/h1-4,11H,5-9H2,(H,16,20)(H,18,19). The highest BCUT2D eigenvalue weighted by Gasteiger charge is 2.27. The van der Waals surface area contributed by atoms with Crippen molar-refractivity contribution in [2.45, 2.75) is 19.4 Å². The maximum Gasteiger partial charge on any atom is 0.317 e. The van der Waals surface area contributed by atoms with Gasteiger partial charge in [-0.2, -0.15) is 0 Å². The van der Waals surface area contributed by atoms with E-state index in [4.69, 9.17) is 16.7 Å². The molecule has 0 spiro atoms. The van der Waals surface area contributed by atoms with Crippen LogP contribution in [0.1, 0.15) is 18.4 Å². The number of carboxylic acid groups (broad SMARTS) is 1. The van der Waals surface area contributed by atoms with Crippen molar-refractivity contribution in [1.82, 2.24) is 10.2 Å². The molecule has 1 heterocycles. The van der Waals surface area contributed by atoms with Crippen molar-refractivity contribution in [2.75, 3.05) is 13.1 Å². The lowest BCUT2D eigenvalue weighted by atomic mass is 10.1. The Morgan fingerprint density at radius 2 is 2.05 bits per heavy atom. The molecule has 0 radical (unpaired) electrons. The van der Waals surface area contributed by atoms with Crippen molar-refractivity contribution >= 4 is 23.6 Å². The lowest BCUT2D eigenvalue weighted by Crippen LogP contribution is -2.38. The van der Waals surface area contributed by atoms with Gasteiger partial charge in [0.05, 0.1) is 0 Å². The molecule has 2 rings (SSSR count). The van der Waals surface area contributed by atoms with Crippen LogP contribution in [0.15, 0.2) is 24.3 Å². The van der Waals surface area contributed by atoms with Crippen molar-refractivity contribution < 1.29 is 14.7 Å². The first kappa shape index (κ1) is 14.7. The van der Waals surface area contributed by atoms with Gasteiger partial charge in [-0.1, -0.05) is 23.7 Å². The van der Waals surface area contributed by atoms with E-state index in [1.54, 1.807) is 17.0 Å². The van der Waals surface area contributed by atoms with E-state index in [2.05, 4.69) is 5.32 Å². The molecule has 1 saturated heterocycles. The SMILES string of the molecule is O=C(O)CC1CCN(C(=O)NCc2ccc(Cl)cc2)C1. The third-order valence-corrected chi connectivity index (χ3v) is 3.65. The molecule has 20 heavy (non-hydrogen) atoms. The molecule has 0 aromatic heterocycles. The Morgan fingerprint density at radius 1 is 1.35 bits per heavy atom. The zero-order valence-corrected chi connectivity index (χ0v) is 11.8. The minimum absolute atomic E-state index is 0.0637. The van der Waals surface area contributed by atoms with Crippen LogP contribution in [0.5, 0.6) is 0 Å². The van der Waals surface area contributed by atoms with Crippen LogP contribution in [0.25, 0.3) is 0 Å². The second-order valence-electron chi connectivity index (χ2n) is 4.98. The molecule has 1 aromatic carbocycles. The number of hydrogen-bond acceptors (Lipinski definition) is 2. The van der Waals surface area contributed by atoms with Crippen molar-refractivity contribution in [3.05, 3.63) is 34.9 Å². The number of halogens is 1. The van der Waals surface area contributed by atoms with Crippen LogP contribution in [0.2, 0.25) is 5.02 Å². The number of hydrogen-bond donors (Lipinski definition) is 2. The average molecular weight is 297 g/mol. The molecular formula is C14H17ClN2O3. The first-order chi connectivity index (χ1) is 9.54. The molecule has 1 fully saturated rings. The predicted molar refractivity (Wildman–Crippen MR) is 75.6 cm³/mol. The highest BCUT2D eigenvalue weighted by atomic mass is 35.5. The molecule has 2 N–H and O–H groups in total. The summed E-state index contributed by atoms with van der Waals surface area (Å²) in [6.45, 7) is 1.57. The molecule has 0 saturated carbocycles. The van der Waals surface area contributed by atoms with Gasteiger partial charge in [0, 0.05) is 31.1 Å². The fraction of sp³-hybridized carbons (Fsp3) is 0.429. The topological polar surface area (TPSA) is 69.6 Å². The fourth-order valence-corrected chi connectivity index (χ4v) is 2.45. The van der Waals surface area contributed by atoms with Gasteiger partial charge in [0.1, 0.15) is 0 Å². The predicted octanol–water partition coefficient (Wildman–Crippen LogP) is 2.35.